The van der Waals surface area contributed by atoms with Crippen LogP contribution in [0.5, 0.6) is 0 Å². The summed E-state index contributed by atoms with van der Waals surface area (Å²) in [6, 6.07) is 5.39. The van der Waals surface area contributed by atoms with Crippen molar-refractivity contribution in [1.82, 2.24) is 9.62 Å². The van der Waals surface area contributed by atoms with E-state index in [1.165, 1.54) is 0 Å². The highest BCUT2D eigenvalue weighted by molar-refractivity contribution is 9.10. The third kappa shape index (κ3) is 4.55. The maximum Gasteiger partial charge on any atom is 0.241 e. The van der Waals surface area contributed by atoms with E-state index in [2.05, 4.69) is 34.5 Å². The zero-order chi connectivity index (χ0) is 15.5. The van der Waals surface area contributed by atoms with Crippen molar-refractivity contribution in [2.75, 3.05) is 20.6 Å². The van der Waals surface area contributed by atoms with E-state index in [0.29, 0.717) is 16.9 Å². The van der Waals surface area contributed by atoms with Crippen LogP contribution >= 0.6 is 15.9 Å². The quantitative estimate of drug-likeness (QED) is 0.845. The average Bonchev–Trinajstić information content (AvgIpc) is 2.26. The van der Waals surface area contributed by atoms with E-state index in [1.54, 1.807) is 18.2 Å². The van der Waals surface area contributed by atoms with Crippen LogP contribution in [-0.2, 0) is 10.0 Å². The van der Waals surface area contributed by atoms with E-state index in [9.17, 15) is 8.42 Å². The van der Waals surface area contributed by atoms with E-state index in [4.69, 9.17) is 0 Å². The summed E-state index contributed by atoms with van der Waals surface area (Å²) in [4.78, 5) is 2.32. The number of likely N-dealkylation sites (N-methyl/N-ethyl adjacent to an activating group) is 1. The first-order valence-electron chi connectivity index (χ1n) is 6.57. The molecule has 6 heteroatoms. The first-order chi connectivity index (χ1) is 9.15. The topological polar surface area (TPSA) is 49.4 Å². The Morgan fingerprint density at radius 3 is 2.35 bits per heavy atom. The normalized spacial score (nSPS) is 14.0. The number of nitrogens with zero attached hydrogens (tertiary/aromatic N) is 1. The molecule has 0 saturated carbocycles. The SMILES string of the molecule is Cc1ccc(S(=O)(=O)NCC(C(C)C)N(C)C)c(Br)c1. The van der Waals surface area contributed by atoms with E-state index in [1.807, 2.05) is 25.9 Å². The van der Waals surface area contributed by atoms with Crippen LogP contribution in [0.3, 0.4) is 0 Å². The highest BCUT2D eigenvalue weighted by Gasteiger charge is 2.22. The van der Waals surface area contributed by atoms with Crippen LogP contribution < -0.4 is 4.72 Å². The van der Waals surface area contributed by atoms with E-state index in [-0.39, 0.29) is 10.9 Å². The Hall–Kier alpha value is -0.430. The van der Waals surface area contributed by atoms with Crippen LogP contribution in [0, 0.1) is 12.8 Å². The van der Waals surface area contributed by atoms with Gasteiger partial charge in [-0.05, 0) is 60.6 Å². The number of aryl methyl sites for hydroxylation is 1. The fourth-order valence-corrected chi connectivity index (χ4v) is 4.35. The van der Waals surface area contributed by atoms with Crippen molar-refractivity contribution >= 4 is 26.0 Å². The van der Waals surface area contributed by atoms with Crippen LogP contribution in [0.4, 0.5) is 0 Å². The summed E-state index contributed by atoms with van der Waals surface area (Å²) in [6.07, 6.45) is 0. The minimum absolute atomic E-state index is 0.161. The number of halogens is 1. The molecular weight excluding hydrogens is 340 g/mol. The molecule has 1 rings (SSSR count). The fraction of sp³-hybridized carbons (Fsp3) is 0.571. The maximum absolute atomic E-state index is 12.4. The van der Waals surface area contributed by atoms with Crippen molar-refractivity contribution in [2.45, 2.75) is 31.7 Å². The van der Waals surface area contributed by atoms with Gasteiger partial charge in [-0.15, -0.1) is 0 Å². The standard InChI is InChI=1S/C14H23BrN2O2S/c1-10(2)13(17(4)5)9-16-20(18,19)14-7-6-11(3)8-12(14)15/h6-8,10,13,16H,9H2,1-5H3. The second-order valence-electron chi connectivity index (χ2n) is 5.56. The smallest absolute Gasteiger partial charge is 0.241 e. The largest absolute Gasteiger partial charge is 0.305 e. The predicted octanol–water partition coefficient (Wildman–Crippen LogP) is 2.62. The van der Waals surface area contributed by atoms with Gasteiger partial charge in [0, 0.05) is 17.1 Å². The molecule has 0 bridgehead atoms. The van der Waals surface area contributed by atoms with Gasteiger partial charge in [0.1, 0.15) is 0 Å². The molecule has 0 aromatic heterocycles. The monoisotopic (exact) mass is 362 g/mol. The van der Waals surface area contributed by atoms with E-state index < -0.39 is 10.0 Å². The first kappa shape index (κ1) is 17.6. The average molecular weight is 363 g/mol. The van der Waals surface area contributed by atoms with E-state index >= 15 is 0 Å². The van der Waals surface area contributed by atoms with Crippen molar-refractivity contribution in [2.24, 2.45) is 5.92 Å². The molecular formula is C14H23BrN2O2S. The van der Waals surface area contributed by atoms with Crippen molar-refractivity contribution in [3.05, 3.63) is 28.2 Å². The molecule has 0 fully saturated rings. The summed E-state index contributed by atoms with van der Waals surface area (Å²) in [6.45, 7) is 6.49. The van der Waals surface area contributed by atoms with Crippen LogP contribution in [0.25, 0.3) is 0 Å². The molecule has 1 aromatic rings. The molecule has 1 aromatic carbocycles. The number of nitrogens with one attached hydrogen (secondary N) is 1. The molecule has 1 unspecified atom stereocenters. The maximum atomic E-state index is 12.4. The molecule has 0 aliphatic heterocycles. The van der Waals surface area contributed by atoms with E-state index in [0.717, 1.165) is 5.56 Å². The van der Waals surface area contributed by atoms with Crippen LogP contribution in [0.1, 0.15) is 19.4 Å². The minimum atomic E-state index is -3.49. The Labute approximate surface area is 130 Å². The second-order valence-corrected chi connectivity index (χ2v) is 8.15. The van der Waals surface area contributed by atoms with Crippen molar-refractivity contribution in [3.63, 3.8) is 0 Å². The lowest BCUT2D eigenvalue weighted by atomic mass is 10.0. The molecule has 114 valence electrons. The van der Waals surface area contributed by atoms with Crippen LogP contribution in [-0.4, -0.2) is 40.0 Å². The zero-order valence-electron chi connectivity index (χ0n) is 12.6. The molecule has 0 radical (unpaired) electrons. The predicted molar refractivity (Wildman–Crippen MR) is 86.4 cm³/mol. The number of benzene rings is 1. The van der Waals surface area contributed by atoms with Gasteiger partial charge in [0.2, 0.25) is 10.0 Å². The summed E-state index contributed by atoms with van der Waals surface area (Å²) < 4.78 is 28.0. The molecule has 0 saturated heterocycles. The summed E-state index contributed by atoms with van der Waals surface area (Å²) in [5.41, 5.74) is 1.02. The molecule has 1 N–H and O–H groups in total. The van der Waals surface area contributed by atoms with Gasteiger partial charge >= 0.3 is 0 Å². The summed E-state index contributed by atoms with van der Waals surface area (Å²) in [5, 5.41) is 0. The molecule has 0 spiro atoms. The minimum Gasteiger partial charge on any atom is -0.305 e. The summed E-state index contributed by atoms with van der Waals surface area (Å²) >= 11 is 3.32. The van der Waals surface area contributed by atoms with Crippen LogP contribution in [0.15, 0.2) is 27.6 Å². The van der Waals surface area contributed by atoms with Gasteiger partial charge < -0.3 is 4.90 Å². The summed E-state index contributed by atoms with van der Waals surface area (Å²) in [5.74, 6) is 0.370. The Morgan fingerprint density at radius 2 is 1.90 bits per heavy atom. The number of hydrogen-bond acceptors (Lipinski definition) is 3. The number of rotatable bonds is 6. The molecule has 1 atom stereocenters. The van der Waals surface area contributed by atoms with Gasteiger partial charge in [0.15, 0.2) is 0 Å². The van der Waals surface area contributed by atoms with Gasteiger partial charge in [0.25, 0.3) is 0 Å². The van der Waals surface area contributed by atoms with Crippen LogP contribution in [0.2, 0.25) is 0 Å². The van der Waals surface area contributed by atoms with Gasteiger partial charge in [-0.3, -0.25) is 0 Å². The van der Waals surface area contributed by atoms with Crippen molar-refractivity contribution < 1.29 is 8.42 Å². The number of sulfonamides is 1. The Morgan fingerprint density at radius 1 is 1.30 bits per heavy atom. The molecule has 20 heavy (non-hydrogen) atoms. The van der Waals surface area contributed by atoms with Crippen molar-refractivity contribution in [3.8, 4) is 0 Å². The van der Waals surface area contributed by atoms with Gasteiger partial charge in [0.05, 0.1) is 4.90 Å². The van der Waals surface area contributed by atoms with Gasteiger partial charge in [-0.2, -0.15) is 0 Å². The lowest BCUT2D eigenvalue weighted by molar-refractivity contribution is 0.233. The van der Waals surface area contributed by atoms with Gasteiger partial charge in [-0.1, -0.05) is 19.9 Å². The second kappa shape index (κ2) is 7.02. The highest BCUT2D eigenvalue weighted by atomic mass is 79.9. The molecule has 0 heterocycles. The molecule has 0 amide bonds. The number of hydrogen-bond donors (Lipinski definition) is 1. The third-order valence-electron chi connectivity index (χ3n) is 3.29. The third-order valence-corrected chi connectivity index (χ3v) is 5.69. The highest BCUT2D eigenvalue weighted by Crippen LogP contribution is 2.23. The fourth-order valence-electron chi connectivity index (χ4n) is 2.11. The Bertz CT molecular complexity index is 548. The zero-order valence-corrected chi connectivity index (χ0v) is 15.0. The molecule has 4 nitrogen and oxygen atoms in total. The Kier molecular flexibility index (Phi) is 6.19. The molecule has 0 aliphatic carbocycles. The van der Waals surface area contributed by atoms with Gasteiger partial charge in [-0.25, -0.2) is 13.1 Å². The van der Waals surface area contributed by atoms with Crippen molar-refractivity contribution in [1.29, 1.82) is 0 Å². The lowest BCUT2D eigenvalue weighted by Gasteiger charge is -2.28. The lowest BCUT2D eigenvalue weighted by Crippen LogP contribution is -2.43. The summed E-state index contributed by atoms with van der Waals surface area (Å²) in [7, 11) is 0.425. The first-order valence-corrected chi connectivity index (χ1v) is 8.85. The molecule has 0 aliphatic rings. The Balaban J connectivity index is 2.90.